The van der Waals surface area contributed by atoms with Crippen LogP contribution in [0.15, 0.2) is 42.7 Å². The van der Waals surface area contributed by atoms with Crippen molar-refractivity contribution in [3.8, 4) is 5.69 Å². The van der Waals surface area contributed by atoms with Gasteiger partial charge in [-0.25, -0.2) is 4.68 Å². The molecule has 0 fully saturated rings. The molecule has 2 amide bonds. The number of nitrogens with two attached hydrogens (primary N) is 1. The average Bonchev–Trinajstić information content (AvgIpc) is 3.14. The molecule has 0 saturated heterocycles. The van der Waals surface area contributed by atoms with Gasteiger partial charge in [-0.2, -0.15) is 5.10 Å². The van der Waals surface area contributed by atoms with Crippen LogP contribution in [0, 0.1) is 5.92 Å². The number of nitrogens with one attached hydrogen (secondary N) is 2. The highest BCUT2D eigenvalue weighted by atomic mass is 35.5. The van der Waals surface area contributed by atoms with E-state index in [9.17, 15) is 9.59 Å². The maximum absolute atomic E-state index is 11.8. The van der Waals surface area contributed by atoms with Crippen LogP contribution in [0.5, 0.6) is 0 Å². The molecule has 0 spiro atoms. The Kier molecular flexibility index (Phi) is 8.81. The lowest BCUT2D eigenvalue weighted by Crippen LogP contribution is -2.47. The van der Waals surface area contributed by atoms with Gasteiger partial charge in [0.1, 0.15) is 0 Å². The molecule has 0 aliphatic carbocycles. The molecule has 142 valence electrons. The number of amides is 2. The Morgan fingerprint density at radius 3 is 2.46 bits per heavy atom. The summed E-state index contributed by atoms with van der Waals surface area (Å²) in [6.45, 7) is 4.17. The molecular weight excluding hydrogens is 354 g/mol. The van der Waals surface area contributed by atoms with Crippen molar-refractivity contribution in [2.24, 2.45) is 11.7 Å². The molecule has 1 heterocycles. The quantitative estimate of drug-likeness (QED) is 0.638. The molecule has 7 nitrogen and oxygen atoms in total. The summed E-state index contributed by atoms with van der Waals surface area (Å²) in [6, 6.07) is 9.26. The van der Waals surface area contributed by atoms with E-state index in [1.165, 1.54) is 0 Å². The topological polar surface area (TPSA) is 102 Å². The summed E-state index contributed by atoms with van der Waals surface area (Å²) >= 11 is 0. The molecule has 1 atom stereocenters. The maximum atomic E-state index is 11.8. The van der Waals surface area contributed by atoms with Crippen molar-refractivity contribution in [1.82, 2.24) is 20.4 Å². The van der Waals surface area contributed by atoms with Crippen molar-refractivity contribution < 1.29 is 9.59 Å². The number of rotatable bonds is 8. The molecule has 2 rings (SSSR count). The first kappa shape index (κ1) is 21.7. The summed E-state index contributed by atoms with van der Waals surface area (Å²) in [6.07, 6.45) is 4.33. The Labute approximate surface area is 159 Å². The lowest BCUT2D eigenvalue weighted by atomic mass is 10.1. The number of benzene rings is 1. The second-order valence-electron chi connectivity index (χ2n) is 6.20. The third-order valence-electron chi connectivity index (χ3n) is 3.89. The minimum atomic E-state index is -0.596. The molecule has 0 saturated carbocycles. The lowest BCUT2D eigenvalue weighted by Gasteiger charge is -2.15. The van der Waals surface area contributed by atoms with Crippen molar-refractivity contribution in [3.05, 3.63) is 48.3 Å². The Hall–Kier alpha value is -2.38. The van der Waals surface area contributed by atoms with Crippen LogP contribution in [-0.2, 0) is 16.0 Å². The van der Waals surface area contributed by atoms with E-state index >= 15 is 0 Å². The van der Waals surface area contributed by atoms with Gasteiger partial charge in [0, 0.05) is 18.9 Å². The van der Waals surface area contributed by atoms with Crippen LogP contribution in [-0.4, -0.2) is 40.7 Å². The van der Waals surface area contributed by atoms with Crippen LogP contribution in [0.25, 0.3) is 5.69 Å². The third kappa shape index (κ3) is 6.50. The normalized spacial score (nSPS) is 11.5. The zero-order valence-electron chi connectivity index (χ0n) is 15.0. The molecule has 8 heteroatoms. The first-order chi connectivity index (χ1) is 12.0. The summed E-state index contributed by atoms with van der Waals surface area (Å²) in [7, 11) is 0. The predicted octanol–water partition coefficient (Wildman–Crippen LogP) is 1.05. The van der Waals surface area contributed by atoms with Crippen LogP contribution < -0.4 is 16.4 Å². The Balaban J connectivity index is 0.00000338. The SMILES string of the molecule is CC(C)[C@H](N)C(=O)NCC(=O)NCCc1ccc(-n2cccn2)cc1.Cl. The first-order valence-electron chi connectivity index (χ1n) is 8.36. The third-order valence-corrected chi connectivity index (χ3v) is 3.89. The van der Waals surface area contributed by atoms with Gasteiger partial charge < -0.3 is 16.4 Å². The number of carbonyl (C=O) groups excluding carboxylic acids is 2. The fourth-order valence-corrected chi connectivity index (χ4v) is 2.23. The van der Waals surface area contributed by atoms with Crippen molar-refractivity contribution in [1.29, 1.82) is 0 Å². The lowest BCUT2D eigenvalue weighted by molar-refractivity contribution is -0.127. The molecule has 0 aliphatic heterocycles. The van der Waals surface area contributed by atoms with Gasteiger partial charge >= 0.3 is 0 Å². The second-order valence-corrected chi connectivity index (χ2v) is 6.20. The van der Waals surface area contributed by atoms with Crippen LogP contribution in [0.2, 0.25) is 0 Å². The van der Waals surface area contributed by atoms with Crippen LogP contribution >= 0.6 is 12.4 Å². The predicted molar refractivity (Wildman–Crippen MR) is 103 cm³/mol. The van der Waals surface area contributed by atoms with Crippen LogP contribution in [0.4, 0.5) is 0 Å². The highest BCUT2D eigenvalue weighted by Gasteiger charge is 2.17. The second kappa shape index (κ2) is 10.6. The summed E-state index contributed by atoms with van der Waals surface area (Å²) in [4.78, 5) is 23.5. The Morgan fingerprint density at radius 1 is 1.19 bits per heavy atom. The van der Waals surface area contributed by atoms with E-state index in [1.54, 1.807) is 10.9 Å². The molecule has 1 aromatic carbocycles. The number of carbonyl (C=O) groups is 2. The molecular formula is C18H26ClN5O2. The smallest absolute Gasteiger partial charge is 0.239 e. The minimum absolute atomic E-state index is 0. The van der Waals surface area contributed by atoms with Crippen molar-refractivity contribution >= 4 is 24.2 Å². The first-order valence-corrected chi connectivity index (χ1v) is 8.36. The van der Waals surface area contributed by atoms with E-state index in [-0.39, 0.29) is 36.7 Å². The van der Waals surface area contributed by atoms with E-state index in [0.29, 0.717) is 13.0 Å². The summed E-state index contributed by atoms with van der Waals surface area (Å²) < 4.78 is 1.79. The van der Waals surface area contributed by atoms with E-state index in [0.717, 1.165) is 11.3 Å². The summed E-state index contributed by atoms with van der Waals surface area (Å²) in [5, 5.41) is 9.51. The molecule has 2 aromatic rings. The van der Waals surface area contributed by atoms with Gasteiger partial charge in [0.05, 0.1) is 18.3 Å². The zero-order chi connectivity index (χ0) is 18.2. The summed E-state index contributed by atoms with van der Waals surface area (Å²) in [5.41, 5.74) is 7.82. The zero-order valence-corrected chi connectivity index (χ0v) is 15.8. The molecule has 1 aromatic heterocycles. The monoisotopic (exact) mass is 379 g/mol. The van der Waals surface area contributed by atoms with Gasteiger partial charge in [-0.3, -0.25) is 9.59 Å². The van der Waals surface area contributed by atoms with E-state index in [4.69, 9.17) is 5.73 Å². The number of hydrogen-bond donors (Lipinski definition) is 3. The van der Waals surface area contributed by atoms with Crippen molar-refractivity contribution in [2.45, 2.75) is 26.3 Å². The van der Waals surface area contributed by atoms with Crippen LogP contribution in [0.1, 0.15) is 19.4 Å². The van der Waals surface area contributed by atoms with Gasteiger partial charge in [-0.1, -0.05) is 26.0 Å². The van der Waals surface area contributed by atoms with Crippen molar-refractivity contribution in [2.75, 3.05) is 13.1 Å². The molecule has 0 aliphatic rings. The van der Waals surface area contributed by atoms with Gasteiger partial charge in [-0.15, -0.1) is 12.4 Å². The van der Waals surface area contributed by atoms with E-state index in [2.05, 4.69) is 15.7 Å². The Morgan fingerprint density at radius 2 is 1.88 bits per heavy atom. The molecule has 0 unspecified atom stereocenters. The van der Waals surface area contributed by atoms with Crippen molar-refractivity contribution in [3.63, 3.8) is 0 Å². The minimum Gasteiger partial charge on any atom is -0.354 e. The highest BCUT2D eigenvalue weighted by Crippen LogP contribution is 2.08. The van der Waals surface area contributed by atoms with Gasteiger partial charge in [0.15, 0.2) is 0 Å². The molecule has 0 radical (unpaired) electrons. The standard InChI is InChI=1S/C18H25N5O2.ClH/c1-13(2)17(19)18(25)21-12-16(24)20-10-8-14-4-6-15(7-5-14)23-11-3-9-22-23;/h3-7,9,11,13,17H,8,10,12,19H2,1-2H3,(H,20,24)(H,21,25);1H/t17-;/m0./s1. The number of nitrogens with zero attached hydrogens (tertiary/aromatic N) is 2. The largest absolute Gasteiger partial charge is 0.354 e. The Bertz CT molecular complexity index is 686. The number of aromatic nitrogens is 2. The fraction of sp³-hybridized carbons (Fsp3) is 0.389. The van der Waals surface area contributed by atoms with Gasteiger partial charge in [0.2, 0.25) is 11.8 Å². The molecule has 0 bridgehead atoms. The summed E-state index contributed by atoms with van der Waals surface area (Å²) in [5.74, 6) is -0.496. The van der Waals surface area contributed by atoms with Gasteiger partial charge in [-0.05, 0) is 36.1 Å². The molecule has 26 heavy (non-hydrogen) atoms. The van der Waals surface area contributed by atoms with Gasteiger partial charge in [0.25, 0.3) is 0 Å². The number of hydrogen-bond acceptors (Lipinski definition) is 4. The highest BCUT2D eigenvalue weighted by molar-refractivity contribution is 5.87. The number of halogens is 1. The van der Waals surface area contributed by atoms with E-state index in [1.807, 2.05) is 50.4 Å². The van der Waals surface area contributed by atoms with E-state index < -0.39 is 6.04 Å². The average molecular weight is 380 g/mol. The van der Waals surface area contributed by atoms with Crippen LogP contribution in [0.3, 0.4) is 0 Å². The fourth-order valence-electron chi connectivity index (χ4n) is 2.23. The molecule has 4 N–H and O–H groups in total. The maximum Gasteiger partial charge on any atom is 0.239 e.